The Morgan fingerprint density at radius 1 is 1.10 bits per heavy atom. The number of sulfonamides is 1. The molecule has 0 aromatic heterocycles. The topological polar surface area (TPSA) is 46.2 Å². The van der Waals surface area contributed by atoms with Crippen molar-refractivity contribution in [3.63, 3.8) is 0 Å². The fraction of sp³-hybridized carbons (Fsp3) is 0.625. The number of aryl methyl sites for hydroxylation is 2. The van der Waals surface area contributed by atoms with E-state index in [9.17, 15) is 8.42 Å². The lowest BCUT2D eigenvalue weighted by molar-refractivity contribution is 0.366. The van der Waals surface area contributed by atoms with Crippen LogP contribution in [0.4, 0.5) is 0 Å². The van der Waals surface area contributed by atoms with Crippen molar-refractivity contribution >= 4 is 26.0 Å². The fourth-order valence-electron chi connectivity index (χ4n) is 3.35. The molecule has 1 N–H and O–H groups in total. The molecular formula is C16H22BrNO2S. The predicted octanol–water partition coefficient (Wildman–Crippen LogP) is 3.41. The van der Waals surface area contributed by atoms with Gasteiger partial charge < -0.3 is 0 Å². The number of rotatable bonds is 4. The first-order chi connectivity index (χ1) is 10.0. The first-order valence-corrected chi connectivity index (χ1v) is 10.2. The van der Waals surface area contributed by atoms with Crippen molar-refractivity contribution < 1.29 is 8.42 Å². The van der Waals surface area contributed by atoms with Crippen LogP contribution in [-0.4, -0.2) is 19.8 Å². The van der Waals surface area contributed by atoms with E-state index in [0.29, 0.717) is 22.2 Å². The van der Waals surface area contributed by atoms with Crippen LogP contribution in [0.2, 0.25) is 0 Å². The van der Waals surface area contributed by atoms with Crippen molar-refractivity contribution in [2.24, 2.45) is 5.92 Å². The summed E-state index contributed by atoms with van der Waals surface area (Å²) in [6, 6.07) is 5.59. The second kappa shape index (κ2) is 6.39. The van der Waals surface area contributed by atoms with Gasteiger partial charge in [-0.05, 0) is 74.1 Å². The van der Waals surface area contributed by atoms with Crippen molar-refractivity contribution in [1.29, 1.82) is 0 Å². The molecule has 2 aliphatic rings. The van der Waals surface area contributed by atoms with Crippen LogP contribution in [0, 0.1) is 5.92 Å². The highest BCUT2D eigenvalue weighted by Crippen LogP contribution is 2.29. The molecule has 2 aliphatic carbocycles. The molecule has 116 valence electrons. The Labute approximate surface area is 135 Å². The molecule has 0 spiro atoms. The van der Waals surface area contributed by atoms with E-state index in [1.54, 1.807) is 6.07 Å². The molecule has 1 aromatic rings. The average molecular weight is 372 g/mol. The molecule has 0 unspecified atom stereocenters. The van der Waals surface area contributed by atoms with Gasteiger partial charge in [-0.2, -0.15) is 0 Å². The molecule has 3 nitrogen and oxygen atoms in total. The van der Waals surface area contributed by atoms with Gasteiger partial charge in [-0.1, -0.05) is 22.0 Å². The molecule has 0 heterocycles. The summed E-state index contributed by atoms with van der Waals surface area (Å²) in [5, 5.41) is 0. The summed E-state index contributed by atoms with van der Waals surface area (Å²) in [5.41, 5.74) is 2.52. The highest BCUT2D eigenvalue weighted by Gasteiger charge is 2.23. The summed E-state index contributed by atoms with van der Waals surface area (Å²) in [7, 11) is -3.36. The zero-order valence-corrected chi connectivity index (χ0v) is 14.5. The van der Waals surface area contributed by atoms with Crippen LogP contribution in [-0.2, 0) is 22.9 Å². The van der Waals surface area contributed by atoms with Gasteiger partial charge in [0.05, 0.1) is 4.90 Å². The van der Waals surface area contributed by atoms with E-state index < -0.39 is 10.0 Å². The van der Waals surface area contributed by atoms with Crippen molar-refractivity contribution in [2.75, 3.05) is 6.54 Å². The van der Waals surface area contributed by atoms with Crippen LogP contribution >= 0.6 is 15.9 Å². The van der Waals surface area contributed by atoms with Crippen molar-refractivity contribution in [2.45, 2.75) is 54.7 Å². The lowest BCUT2D eigenvalue weighted by Gasteiger charge is -2.25. The van der Waals surface area contributed by atoms with Crippen LogP contribution in [0.1, 0.15) is 43.2 Å². The summed E-state index contributed by atoms with van der Waals surface area (Å²) >= 11 is 3.63. The minimum atomic E-state index is -3.36. The first kappa shape index (κ1) is 15.5. The minimum Gasteiger partial charge on any atom is -0.211 e. The third-order valence-electron chi connectivity index (χ3n) is 4.72. The van der Waals surface area contributed by atoms with Crippen LogP contribution in [0.3, 0.4) is 0 Å². The Hall–Kier alpha value is -0.390. The van der Waals surface area contributed by atoms with E-state index in [4.69, 9.17) is 0 Å². The molecule has 0 amide bonds. The van der Waals surface area contributed by atoms with Gasteiger partial charge in [0, 0.05) is 11.4 Å². The molecule has 5 heteroatoms. The average Bonchev–Trinajstić information content (AvgIpc) is 2.94. The van der Waals surface area contributed by atoms with Gasteiger partial charge in [0.1, 0.15) is 0 Å². The number of nitrogens with one attached hydrogen (secondary N) is 1. The molecular weight excluding hydrogens is 350 g/mol. The Morgan fingerprint density at radius 3 is 2.57 bits per heavy atom. The zero-order valence-electron chi connectivity index (χ0n) is 12.1. The lowest BCUT2D eigenvalue weighted by Crippen LogP contribution is -2.31. The second-order valence-electron chi connectivity index (χ2n) is 6.25. The second-order valence-corrected chi connectivity index (χ2v) is 9.32. The van der Waals surface area contributed by atoms with Crippen molar-refractivity contribution in [3.05, 3.63) is 29.3 Å². The predicted molar refractivity (Wildman–Crippen MR) is 88.3 cm³/mol. The van der Waals surface area contributed by atoms with E-state index in [0.717, 1.165) is 44.9 Å². The maximum absolute atomic E-state index is 12.4. The number of alkyl halides is 1. The number of halogens is 1. The molecule has 3 rings (SSSR count). The molecule has 0 aliphatic heterocycles. The van der Waals surface area contributed by atoms with Gasteiger partial charge in [-0.15, -0.1) is 0 Å². The highest BCUT2D eigenvalue weighted by molar-refractivity contribution is 9.09. The fourth-order valence-corrected chi connectivity index (χ4v) is 5.05. The van der Waals surface area contributed by atoms with Gasteiger partial charge in [0.2, 0.25) is 10.0 Å². The van der Waals surface area contributed by atoms with E-state index in [-0.39, 0.29) is 0 Å². The van der Waals surface area contributed by atoms with Crippen molar-refractivity contribution in [3.8, 4) is 0 Å². The third kappa shape index (κ3) is 3.69. The number of hydrogen-bond donors (Lipinski definition) is 1. The summed E-state index contributed by atoms with van der Waals surface area (Å²) in [5.74, 6) is 0.475. The van der Waals surface area contributed by atoms with E-state index in [1.807, 2.05) is 12.1 Å². The number of fused-ring (bicyclic) bond motifs is 1. The normalized spacial score (nSPS) is 25.8. The monoisotopic (exact) mass is 371 g/mol. The summed E-state index contributed by atoms with van der Waals surface area (Å²) in [6.07, 6.45) is 7.72. The molecule has 0 saturated heterocycles. The number of hydrogen-bond acceptors (Lipinski definition) is 2. The van der Waals surface area contributed by atoms with E-state index in [2.05, 4.69) is 20.7 Å². The quantitative estimate of drug-likeness (QED) is 0.824. The first-order valence-electron chi connectivity index (χ1n) is 7.80. The van der Waals surface area contributed by atoms with E-state index >= 15 is 0 Å². The van der Waals surface area contributed by atoms with Crippen LogP contribution < -0.4 is 4.72 Å². The Morgan fingerprint density at radius 2 is 1.81 bits per heavy atom. The van der Waals surface area contributed by atoms with Gasteiger partial charge in [-0.3, -0.25) is 0 Å². The zero-order chi connectivity index (χ0) is 14.9. The maximum Gasteiger partial charge on any atom is 0.240 e. The largest absolute Gasteiger partial charge is 0.240 e. The Balaban J connectivity index is 1.64. The maximum atomic E-state index is 12.4. The van der Waals surface area contributed by atoms with Crippen molar-refractivity contribution in [1.82, 2.24) is 4.72 Å². The summed E-state index contributed by atoms with van der Waals surface area (Å²) in [6.45, 7) is 0.569. The van der Waals surface area contributed by atoms with E-state index in [1.165, 1.54) is 11.1 Å². The van der Waals surface area contributed by atoms with Gasteiger partial charge >= 0.3 is 0 Å². The smallest absolute Gasteiger partial charge is 0.211 e. The SMILES string of the molecule is O=S(=O)(NCC1CCC(Br)CC1)c1ccc2c(c1)CCC2. The molecule has 1 aromatic carbocycles. The third-order valence-corrected chi connectivity index (χ3v) is 7.06. The molecule has 1 saturated carbocycles. The number of benzene rings is 1. The molecule has 0 atom stereocenters. The highest BCUT2D eigenvalue weighted by atomic mass is 79.9. The molecule has 1 fully saturated rings. The van der Waals surface area contributed by atoms with Crippen LogP contribution in [0.15, 0.2) is 23.1 Å². The summed E-state index contributed by atoms with van der Waals surface area (Å²) in [4.78, 5) is 1.04. The Kier molecular flexibility index (Phi) is 4.71. The van der Waals surface area contributed by atoms with Gasteiger partial charge in [0.25, 0.3) is 0 Å². The lowest BCUT2D eigenvalue weighted by atomic mass is 9.89. The summed E-state index contributed by atoms with van der Waals surface area (Å²) < 4.78 is 27.6. The Bertz CT molecular complexity index is 607. The minimum absolute atomic E-state index is 0.428. The van der Waals surface area contributed by atoms with Crippen LogP contribution in [0.5, 0.6) is 0 Å². The molecule has 0 bridgehead atoms. The van der Waals surface area contributed by atoms with Crippen LogP contribution in [0.25, 0.3) is 0 Å². The molecule has 0 radical (unpaired) electrons. The van der Waals surface area contributed by atoms with Gasteiger partial charge in [-0.25, -0.2) is 13.1 Å². The standard InChI is InChI=1S/C16H22BrNO2S/c17-15-7-4-12(5-8-15)11-18-21(19,20)16-9-6-13-2-1-3-14(13)10-16/h6,9-10,12,15,18H,1-5,7-8,11H2. The molecule has 21 heavy (non-hydrogen) atoms. The van der Waals surface area contributed by atoms with Gasteiger partial charge in [0.15, 0.2) is 0 Å².